The molecule has 0 radical (unpaired) electrons. The lowest BCUT2D eigenvalue weighted by molar-refractivity contribution is 0.0715. The maximum absolute atomic E-state index is 13.0. The van der Waals surface area contributed by atoms with Crippen LogP contribution >= 0.6 is 0 Å². The van der Waals surface area contributed by atoms with Crippen LogP contribution in [0.2, 0.25) is 0 Å². The second-order valence-corrected chi connectivity index (χ2v) is 10.2. The molecule has 1 fully saturated rings. The van der Waals surface area contributed by atoms with E-state index < -0.39 is 12.0 Å². The summed E-state index contributed by atoms with van der Waals surface area (Å²) >= 11 is 0. The fourth-order valence-corrected chi connectivity index (χ4v) is 5.69. The van der Waals surface area contributed by atoms with E-state index in [1.165, 1.54) is 16.8 Å². The lowest BCUT2D eigenvalue weighted by Crippen LogP contribution is -2.44. The summed E-state index contributed by atoms with van der Waals surface area (Å²) < 4.78 is 0. The summed E-state index contributed by atoms with van der Waals surface area (Å²) in [6.45, 7) is 4.21. The van der Waals surface area contributed by atoms with E-state index in [1.54, 1.807) is 12.1 Å². The van der Waals surface area contributed by atoms with E-state index >= 15 is 0 Å². The molecule has 3 aromatic rings. The van der Waals surface area contributed by atoms with Crippen LogP contribution in [0.3, 0.4) is 0 Å². The number of nitrogens with one attached hydrogen (secondary N) is 1. The Morgan fingerprint density at radius 3 is 2.49 bits per heavy atom. The van der Waals surface area contributed by atoms with E-state index in [0.29, 0.717) is 17.1 Å². The van der Waals surface area contributed by atoms with Crippen LogP contribution in [0, 0.1) is 0 Å². The van der Waals surface area contributed by atoms with Gasteiger partial charge in [-0.3, -0.25) is 4.79 Å². The van der Waals surface area contributed by atoms with Crippen LogP contribution in [0.15, 0.2) is 54.6 Å². The fourth-order valence-electron chi connectivity index (χ4n) is 5.69. The largest absolute Gasteiger partial charge is 0.465 e. The Bertz CT molecular complexity index is 1350. The first-order chi connectivity index (χ1) is 18.0. The number of carbonyl (C=O) groups excluding carboxylic acids is 1. The fraction of sp³-hybridized carbons (Fsp3) is 0.345. The van der Waals surface area contributed by atoms with Crippen LogP contribution in [-0.2, 0) is 12.8 Å². The third-order valence-electron chi connectivity index (χ3n) is 7.86. The molecule has 8 heteroatoms. The van der Waals surface area contributed by atoms with Crippen LogP contribution < -0.4 is 10.2 Å². The van der Waals surface area contributed by atoms with Gasteiger partial charge in [0.25, 0.3) is 5.91 Å². The first-order valence-corrected chi connectivity index (χ1v) is 12.9. The van der Waals surface area contributed by atoms with Crippen molar-refractivity contribution in [2.75, 3.05) is 50.0 Å². The number of aryl methyl sites for hydroxylation is 2. The SMILES string of the molecule is CN1CCN(c2ccc(Nc3ccc4c(n3)C(c3ccc5c(c3)CCC5)CN(C(=O)O)C4=O)cc2)CC1. The molecule has 1 aliphatic carbocycles. The van der Waals surface area contributed by atoms with Gasteiger partial charge in [-0.15, -0.1) is 0 Å². The first-order valence-electron chi connectivity index (χ1n) is 12.9. The Hall–Kier alpha value is -3.91. The van der Waals surface area contributed by atoms with E-state index in [-0.39, 0.29) is 12.5 Å². The second-order valence-electron chi connectivity index (χ2n) is 10.2. The molecule has 2 aromatic carbocycles. The number of rotatable bonds is 4. The van der Waals surface area contributed by atoms with Crippen LogP contribution in [0.25, 0.3) is 0 Å². The van der Waals surface area contributed by atoms with Gasteiger partial charge < -0.3 is 20.2 Å². The Kier molecular flexibility index (Phi) is 6.04. The number of aromatic nitrogens is 1. The van der Waals surface area contributed by atoms with Crippen molar-refractivity contribution in [2.45, 2.75) is 25.2 Å². The third-order valence-corrected chi connectivity index (χ3v) is 7.86. The van der Waals surface area contributed by atoms with Crippen LogP contribution in [-0.4, -0.2) is 71.7 Å². The zero-order valence-corrected chi connectivity index (χ0v) is 21.0. The van der Waals surface area contributed by atoms with E-state index in [1.807, 2.05) is 12.1 Å². The summed E-state index contributed by atoms with van der Waals surface area (Å²) in [6.07, 6.45) is 2.02. The Labute approximate surface area is 216 Å². The van der Waals surface area contributed by atoms with Gasteiger partial charge in [0.15, 0.2) is 0 Å². The minimum Gasteiger partial charge on any atom is -0.465 e. The van der Waals surface area contributed by atoms with Crippen molar-refractivity contribution >= 4 is 29.2 Å². The van der Waals surface area contributed by atoms with Gasteiger partial charge in [0, 0.05) is 50.0 Å². The van der Waals surface area contributed by atoms with Crippen molar-refractivity contribution < 1.29 is 14.7 Å². The molecule has 3 heterocycles. The lowest BCUT2D eigenvalue weighted by Gasteiger charge is -2.34. The zero-order valence-electron chi connectivity index (χ0n) is 21.0. The number of amides is 2. The van der Waals surface area contributed by atoms with Gasteiger partial charge in [-0.25, -0.2) is 14.7 Å². The van der Waals surface area contributed by atoms with Gasteiger partial charge in [0.05, 0.1) is 11.3 Å². The summed E-state index contributed by atoms with van der Waals surface area (Å²) in [5.74, 6) is -0.194. The number of hydrogen-bond acceptors (Lipinski definition) is 6. The number of imide groups is 1. The molecular weight excluding hydrogens is 466 g/mol. The van der Waals surface area contributed by atoms with E-state index in [9.17, 15) is 14.7 Å². The molecule has 37 heavy (non-hydrogen) atoms. The normalized spacial score (nSPS) is 19.5. The number of piperazine rings is 1. The molecule has 6 rings (SSSR count). The highest BCUT2D eigenvalue weighted by molar-refractivity contribution is 6.04. The number of benzene rings is 2. The summed E-state index contributed by atoms with van der Waals surface area (Å²) in [5.41, 5.74) is 6.75. The van der Waals surface area contributed by atoms with Crippen molar-refractivity contribution in [3.8, 4) is 0 Å². The number of anilines is 3. The van der Waals surface area contributed by atoms with Crippen molar-refractivity contribution in [3.05, 3.63) is 82.5 Å². The molecule has 2 N–H and O–H groups in total. The summed E-state index contributed by atoms with van der Waals surface area (Å²) in [6, 6.07) is 18.1. The molecule has 0 bridgehead atoms. The summed E-state index contributed by atoms with van der Waals surface area (Å²) in [7, 11) is 2.15. The van der Waals surface area contributed by atoms with Crippen LogP contribution in [0.5, 0.6) is 0 Å². The van der Waals surface area contributed by atoms with E-state index in [0.717, 1.165) is 61.6 Å². The van der Waals surface area contributed by atoms with E-state index in [2.05, 4.69) is 52.5 Å². The van der Waals surface area contributed by atoms with Gasteiger partial charge in [-0.2, -0.15) is 0 Å². The van der Waals surface area contributed by atoms with Crippen LogP contribution in [0.4, 0.5) is 22.0 Å². The summed E-state index contributed by atoms with van der Waals surface area (Å²) in [4.78, 5) is 35.3. The van der Waals surface area contributed by atoms with Crippen molar-refractivity contribution in [2.24, 2.45) is 0 Å². The van der Waals surface area contributed by atoms with Gasteiger partial charge in [0.2, 0.25) is 0 Å². The van der Waals surface area contributed by atoms with Crippen LogP contribution in [0.1, 0.15) is 45.1 Å². The number of likely N-dealkylation sites (N-methyl/N-ethyl adjacent to an activating group) is 1. The Balaban J connectivity index is 1.28. The highest BCUT2D eigenvalue weighted by atomic mass is 16.4. The predicted octanol–water partition coefficient (Wildman–Crippen LogP) is 4.33. The maximum Gasteiger partial charge on any atom is 0.414 e. The third kappa shape index (κ3) is 4.53. The molecular formula is C29H31N5O3. The summed E-state index contributed by atoms with van der Waals surface area (Å²) in [5, 5.41) is 13.1. The average molecular weight is 498 g/mol. The Morgan fingerprint density at radius 1 is 0.973 bits per heavy atom. The maximum atomic E-state index is 13.0. The number of carbonyl (C=O) groups is 2. The lowest BCUT2D eigenvalue weighted by atomic mass is 9.87. The molecule has 1 unspecified atom stereocenters. The highest BCUT2D eigenvalue weighted by Crippen LogP contribution is 2.36. The molecule has 3 aliphatic rings. The molecule has 0 spiro atoms. The quantitative estimate of drug-likeness (QED) is 0.555. The number of fused-ring (bicyclic) bond motifs is 2. The monoisotopic (exact) mass is 497 g/mol. The van der Waals surface area contributed by atoms with Crippen molar-refractivity contribution in [1.82, 2.24) is 14.8 Å². The van der Waals surface area contributed by atoms with Gasteiger partial charge >= 0.3 is 6.09 Å². The smallest absolute Gasteiger partial charge is 0.414 e. The van der Waals surface area contributed by atoms with Gasteiger partial charge in [-0.05, 0) is 79.4 Å². The molecule has 1 atom stereocenters. The molecule has 1 saturated heterocycles. The standard InChI is InChI=1S/C29H31N5O3/c1-32-13-15-33(16-14-32)23-9-7-22(8-10-23)30-26-12-11-24-27(31-26)25(18-34(28(24)35)29(36)37)21-6-5-19-3-2-4-20(19)17-21/h5-12,17,25H,2-4,13-16,18H2,1H3,(H,30,31)(H,36,37). The van der Waals surface area contributed by atoms with Crippen molar-refractivity contribution in [1.29, 1.82) is 0 Å². The number of carboxylic acid groups (broad SMARTS) is 1. The van der Waals surface area contributed by atoms with Gasteiger partial charge in [0.1, 0.15) is 5.82 Å². The minimum absolute atomic E-state index is 0.0656. The highest BCUT2D eigenvalue weighted by Gasteiger charge is 2.37. The molecule has 2 amide bonds. The molecule has 190 valence electrons. The van der Waals surface area contributed by atoms with E-state index in [4.69, 9.17) is 4.98 Å². The zero-order chi connectivity index (χ0) is 25.5. The topological polar surface area (TPSA) is 89.0 Å². The molecule has 2 aliphatic heterocycles. The second kappa shape index (κ2) is 9.52. The van der Waals surface area contributed by atoms with Crippen molar-refractivity contribution in [3.63, 3.8) is 0 Å². The molecule has 0 saturated carbocycles. The predicted molar refractivity (Wildman–Crippen MR) is 143 cm³/mol. The molecule has 1 aromatic heterocycles. The Morgan fingerprint density at radius 2 is 1.73 bits per heavy atom. The van der Waals surface area contributed by atoms with Gasteiger partial charge in [-0.1, -0.05) is 18.2 Å². The number of nitrogens with zero attached hydrogens (tertiary/aromatic N) is 4. The first kappa shape index (κ1) is 23.5. The number of hydrogen-bond donors (Lipinski definition) is 2. The number of pyridine rings is 1. The average Bonchev–Trinajstić information content (AvgIpc) is 3.38. The minimum atomic E-state index is -1.23. The molecule has 8 nitrogen and oxygen atoms in total.